The highest BCUT2D eigenvalue weighted by atomic mass is 16.3. The number of phenolic OH excluding ortho intramolecular Hbond substituents is 2. The van der Waals surface area contributed by atoms with Crippen molar-refractivity contribution in [3.63, 3.8) is 0 Å². The molecule has 2 aromatic rings. The van der Waals surface area contributed by atoms with Crippen LogP contribution in [0.2, 0.25) is 0 Å². The fourth-order valence-electron chi connectivity index (χ4n) is 5.67. The quantitative estimate of drug-likeness (QED) is 0.133. The average Bonchev–Trinajstić information content (AvgIpc) is 3.02. The third-order valence-corrected chi connectivity index (χ3v) is 7.57. The predicted octanol–water partition coefficient (Wildman–Crippen LogP) is 8.03. The lowest BCUT2D eigenvalue weighted by Gasteiger charge is -2.33. The van der Waals surface area contributed by atoms with E-state index in [4.69, 9.17) is 11.5 Å². The molecule has 0 unspecified atom stereocenters. The molecule has 0 saturated carbocycles. The van der Waals surface area contributed by atoms with Crippen molar-refractivity contribution in [2.24, 2.45) is 0 Å². The molecule has 1 aliphatic carbocycles. The lowest BCUT2D eigenvalue weighted by Crippen LogP contribution is -2.25. The molecule has 0 bridgehead atoms. The monoisotopic (exact) mass is 452 g/mol. The van der Waals surface area contributed by atoms with Gasteiger partial charge in [0.1, 0.15) is 11.5 Å². The zero-order chi connectivity index (χ0) is 23.8. The van der Waals surface area contributed by atoms with Gasteiger partial charge in [0, 0.05) is 5.41 Å². The van der Waals surface area contributed by atoms with Gasteiger partial charge in [-0.05, 0) is 59.4 Å². The number of phenols is 2. The molecule has 33 heavy (non-hydrogen) atoms. The standard InChI is InChI=1S/C29H44N2O2/c1-3-5-7-9-11-13-15-29(16-14-12-10-8-6-4-2)23-19-27(32)25(30)17-21(23)22-18-26(31)28(33)20-24(22)29/h17-20,32-33H,3-16,30-31H2,1-2H3. The minimum Gasteiger partial charge on any atom is -0.506 e. The summed E-state index contributed by atoms with van der Waals surface area (Å²) in [5, 5.41) is 21.1. The molecule has 1 aliphatic rings. The molecular weight excluding hydrogens is 408 g/mol. The van der Waals surface area contributed by atoms with Crippen LogP contribution in [0.1, 0.15) is 115 Å². The molecule has 2 aromatic carbocycles. The van der Waals surface area contributed by atoms with E-state index in [-0.39, 0.29) is 16.9 Å². The summed E-state index contributed by atoms with van der Waals surface area (Å²) in [6, 6.07) is 7.55. The third-order valence-electron chi connectivity index (χ3n) is 7.57. The number of nitrogens with two attached hydrogens (primary N) is 2. The highest BCUT2D eigenvalue weighted by molar-refractivity contribution is 5.87. The molecule has 4 nitrogen and oxygen atoms in total. The molecule has 0 radical (unpaired) electrons. The first-order chi connectivity index (χ1) is 15.9. The summed E-state index contributed by atoms with van der Waals surface area (Å²) in [4.78, 5) is 0. The van der Waals surface area contributed by atoms with Gasteiger partial charge in [-0.15, -0.1) is 0 Å². The highest BCUT2D eigenvalue weighted by Crippen LogP contribution is 2.57. The molecule has 0 amide bonds. The first-order valence-electron chi connectivity index (χ1n) is 13.2. The van der Waals surface area contributed by atoms with Crippen LogP contribution in [0.5, 0.6) is 11.5 Å². The maximum Gasteiger partial charge on any atom is 0.138 e. The molecule has 0 fully saturated rings. The molecule has 182 valence electrons. The number of hydrogen-bond donors (Lipinski definition) is 4. The van der Waals surface area contributed by atoms with Gasteiger partial charge in [-0.2, -0.15) is 0 Å². The average molecular weight is 453 g/mol. The van der Waals surface area contributed by atoms with Crippen molar-refractivity contribution in [1.29, 1.82) is 0 Å². The fourth-order valence-corrected chi connectivity index (χ4v) is 5.67. The lowest BCUT2D eigenvalue weighted by atomic mass is 9.70. The van der Waals surface area contributed by atoms with Gasteiger partial charge in [-0.25, -0.2) is 0 Å². The van der Waals surface area contributed by atoms with Crippen LogP contribution >= 0.6 is 0 Å². The Morgan fingerprint density at radius 1 is 0.576 bits per heavy atom. The molecule has 0 atom stereocenters. The van der Waals surface area contributed by atoms with Crippen LogP contribution in [0.4, 0.5) is 11.4 Å². The summed E-state index contributed by atoms with van der Waals surface area (Å²) >= 11 is 0. The number of benzene rings is 2. The van der Waals surface area contributed by atoms with Crippen molar-refractivity contribution >= 4 is 11.4 Å². The minimum atomic E-state index is -0.212. The van der Waals surface area contributed by atoms with Crippen LogP contribution in [-0.4, -0.2) is 10.2 Å². The van der Waals surface area contributed by atoms with Crippen LogP contribution in [0.15, 0.2) is 24.3 Å². The summed E-state index contributed by atoms with van der Waals surface area (Å²) in [7, 11) is 0. The Hall–Kier alpha value is -2.36. The van der Waals surface area contributed by atoms with Crippen LogP contribution in [0, 0.1) is 0 Å². The Labute approximate surface area is 200 Å². The largest absolute Gasteiger partial charge is 0.506 e. The SMILES string of the molecule is CCCCCCCCC1(CCCCCCCC)c2cc(O)c(N)cc2-c2cc(N)c(O)cc21. The van der Waals surface area contributed by atoms with Gasteiger partial charge in [0.25, 0.3) is 0 Å². The molecule has 0 saturated heterocycles. The maximum absolute atomic E-state index is 10.5. The molecule has 0 aromatic heterocycles. The van der Waals surface area contributed by atoms with E-state index in [0.717, 1.165) is 47.9 Å². The summed E-state index contributed by atoms with van der Waals surface area (Å²) in [5.74, 6) is 0.294. The molecule has 3 rings (SSSR count). The van der Waals surface area contributed by atoms with E-state index in [1.165, 1.54) is 64.2 Å². The van der Waals surface area contributed by atoms with Gasteiger partial charge in [-0.1, -0.05) is 90.9 Å². The Bertz CT molecular complexity index is 847. The minimum absolute atomic E-state index is 0.147. The van der Waals surface area contributed by atoms with E-state index in [1.807, 2.05) is 24.3 Å². The van der Waals surface area contributed by atoms with E-state index >= 15 is 0 Å². The van der Waals surface area contributed by atoms with Crippen LogP contribution in [0.25, 0.3) is 11.1 Å². The van der Waals surface area contributed by atoms with Crippen LogP contribution < -0.4 is 11.5 Å². The number of fused-ring (bicyclic) bond motifs is 3. The van der Waals surface area contributed by atoms with Crippen molar-refractivity contribution in [2.75, 3.05) is 11.5 Å². The maximum atomic E-state index is 10.5. The number of aromatic hydroxyl groups is 2. The predicted molar refractivity (Wildman–Crippen MR) is 141 cm³/mol. The first kappa shape index (κ1) is 25.3. The van der Waals surface area contributed by atoms with E-state index in [2.05, 4.69) is 13.8 Å². The topological polar surface area (TPSA) is 92.5 Å². The molecule has 0 spiro atoms. The first-order valence-corrected chi connectivity index (χ1v) is 13.2. The second kappa shape index (κ2) is 11.7. The summed E-state index contributed by atoms with van der Waals surface area (Å²) < 4.78 is 0. The zero-order valence-corrected chi connectivity index (χ0v) is 20.8. The Balaban J connectivity index is 1.94. The highest BCUT2D eigenvalue weighted by Gasteiger charge is 2.43. The van der Waals surface area contributed by atoms with Gasteiger partial charge in [-0.3, -0.25) is 0 Å². The van der Waals surface area contributed by atoms with Gasteiger partial charge < -0.3 is 21.7 Å². The molecule has 0 heterocycles. The summed E-state index contributed by atoms with van der Waals surface area (Å²) in [5.41, 5.74) is 17.2. The van der Waals surface area contributed by atoms with Crippen LogP contribution in [-0.2, 0) is 5.41 Å². The van der Waals surface area contributed by atoms with E-state index in [1.54, 1.807) is 0 Å². The lowest BCUT2D eigenvalue weighted by molar-refractivity contribution is 0.393. The Kier molecular flexibility index (Phi) is 8.94. The zero-order valence-electron chi connectivity index (χ0n) is 20.8. The van der Waals surface area contributed by atoms with E-state index in [9.17, 15) is 10.2 Å². The van der Waals surface area contributed by atoms with Gasteiger partial charge in [0.15, 0.2) is 0 Å². The molecule has 6 N–H and O–H groups in total. The second-order valence-corrected chi connectivity index (χ2v) is 10.0. The smallest absolute Gasteiger partial charge is 0.138 e. The number of unbranched alkanes of at least 4 members (excludes halogenated alkanes) is 10. The normalized spacial score (nSPS) is 13.8. The van der Waals surface area contributed by atoms with Crippen molar-refractivity contribution < 1.29 is 10.2 Å². The van der Waals surface area contributed by atoms with E-state index in [0.29, 0.717) is 11.4 Å². The van der Waals surface area contributed by atoms with Gasteiger partial charge >= 0.3 is 0 Å². The van der Waals surface area contributed by atoms with Gasteiger partial charge in [0.2, 0.25) is 0 Å². The van der Waals surface area contributed by atoms with Crippen molar-refractivity contribution in [2.45, 2.75) is 109 Å². The second-order valence-electron chi connectivity index (χ2n) is 10.0. The van der Waals surface area contributed by atoms with Gasteiger partial charge in [0.05, 0.1) is 11.4 Å². The number of nitrogen functional groups attached to an aromatic ring is 2. The number of anilines is 2. The number of hydrogen-bond acceptors (Lipinski definition) is 4. The van der Waals surface area contributed by atoms with Crippen LogP contribution in [0.3, 0.4) is 0 Å². The molecular formula is C29H44N2O2. The Morgan fingerprint density at radius 3 is 1.33 bits per heavy atom. The van der Waals surface area contributed by atoms with Crippen molar-refractivity contribution in [3.05, 3.63) is 35.4 Å². The number of rotatable bonds is 14. The van der Waals surface area contributed by atoms with Crippen molar-refractivity contribution in [1.82, 2.24) is 0 Å². The summed E-state index contributed by atoms with van der Waals surface area (Å²) in [6.45, 7) is 4.50. The van der Waals surface area contributed by atoms with E-state index < -0.39 is 0 Å². The fraction of sp³-hybridized carbons (Fsp3) is 0.586. The summed E-state index contributed by atoms with van der Waals surface area (Å²) in [6.07, 6.45) is 16.9. The van der Waals surface area contributed by atoms with Crippen molar-refractivity contribution in [3.8, 4) is 22.6 Å². The third kappa shape index (κ3) is 5.59. The Morgan fingerprint density at radius 2 is 0.939 bits per heavy atom. The molecule has 4 heteroatoms. The molecule has 0 aliphatic heterocycles.